The number of cyclic esters (lactones) is 1. The van der Waals surface area contributed by atoms with Crippen molar-refractivity contribution in [2.24, 2.45) is 23.7 Å². The predicted octanol–water partition coefficient (Wildman–Crippen LogP) is 4.28. The summed E-state index contributed by atoms with van der Waals surface area (Å²) in [5, 5.41) is 18.4. The Bertz CT molecular complexity index is 1840. The van der Waals surface area contributed by atoms with Gasteiger partial charge in [-0.05, 0) is 84.8 Å². The van der Waals surface area contributed by atoms with Crippen LogP contribution in [0, 0.1) is 23.7 Å². The van der Waals surface area contributed by atoms with Gasteiger partial charge in [0, 0.05) is 23.8 Å². The number of likely N-dealkylation sites (N-methyl/N-ethyl adjacent to an activating group) is 1. The maximum atomic E-state index is 14.4. The number of rotatable bonds is 9. The largest absolute Gasteiger partial charge is 0.509 e. The first-order valence-electron chi connectivity index (χ1n) is 20.2. The number of esters is 1. The number of aliphatic hydroxyl groups is 1. The van der Waals surface area contributed by atoms with E-state index in [1.54, 1.807) is 50.9 Å². The molecule has 1 aromatic heterocycles. The van der Waals surface area contributed by atoms with Crippen LogP contribution in [0.3, 0.4) is 0 Å². The van der Waals surface area contributed by atoms with Crippen molar-refractivity contribution in [1.82, 2.24) is 25.0 Å². The average molecular weight is 826 g/mol. The first kappa shape index (κ1) is 45.4. The van der Waals surface area contributed by atoms with E-state index in [9.17, 15) is 29.1 Å². The zero-order chi connectivity index (χ0) is 43.4. The lowest BCUT2D eigenvalue weighted by Crippen LogP contribution is -2.60. The zero-order valence-corrected chi connectivity index (χ0v) is 35.5. The van der Waals surface area contributed by atoms with Crippen LogP contribution < -0.4 is 5.32 Å². The molecule has 0 bridgehead atoms. The molecule has 2 N–H and O–H groups in total. The average Bonchev–Trinajstić information content (AvgIpc) is 3.84. The molecular formula is C42H59N5O12. The van der Waals surface area contributed by atoms with Crippen molar-refractivity contribution in [2.75, 3.05) is 20.7 Å². The van der Waals surface area contributed by atoms with Gasteiger partial charge in [-0.25, -0.2) is 19.3 Å². The normalized spacial score (nSPS) is 36.0. The Morgan fingerprint density at radius 1 is 1.05 bits per heavy atom. The van der Waals surface area contributed by atoms with Gasteiger partial charge in [-0.3, -0.25) is 14.4 Å². The fourth-order valence-electron chi connectivity index (χ4n) is 8.69. The Hall–Kier alpha value is -4.71. The quantitative estimate of drug-likeness (QED) is 0.206. The third kappa shape index (κ3) is 10.0. The SMILES string of the molecule is CC[C@H]1OC(=O)[C@H](C)C(=O)[C@H](C)[C@@H](O[C@@H]2O[C@H](C)C[C@H](N(C)C)[C@H]2O)[C@](C)(OC(=O)OC/C=C/c2ccc(-n3cncn3)cc2)C[C@@H](C)C(=O)[C@H](C)[C@H]2NC(=O)O[C@@]21C. The minimum Gasteiger partial charge on any atom is -0.458 e. The van der Waals surface area contributed by atoms with Gasteiger partial charge < -0.3 is 43.7 Å². The lowest BCUT2D eigenvalue weighted by atomic mass is 9.73. The molecule has 3 aliphatic heterocycles. The molecule has 3 aliphatic rings. The summed E-state index contributed by atoms with van der Waals surface area (Å²) in [6.45, 7) is 12.7. The van der Waals surface area contributed by atoms with Gasteiger partial charge >= 0.3 is 18.2 Å². The summed E-state index contributed by atoms with van der Waals surface area (Å²) in [5.74, 6) is -6.11. The molecule has 0 spiro atoms. The van der Waals surface area contributed by atoms with Crippen LogP contribution in [-0.2, 0) is 42.8 Å². The molecule has 0 radical (unpaired) electrons. The fourth-order valence-corrected chi connectivity index (χ4v) is 8.69. The Morgan fingerprint density at radius 3 is 2.37 bits per heavy atom. The van der Waals surface area contributed by atoms with E-state index in [2.05, 4.69) is 15.4 Å². The summed E-state index contributed by atoms with van der Waals surface area (Å²) in [4.78, 5) is 74.8. The van der Waals surface area contributed by atoms with E-state index >= 15 is 0 Å². The van der Waals surface area contributed by atoms with E-state index in [4.69, 9.17) is 28.4 Å². The van der Waals surface area contributed by atoms with Crippen LogP contribution in [0.2, 0.25) is 0 Å². The highest BCUT2D eigenvalue weighted by Gasteiger charge is 2.57. The van der Waals surface area contributed by atoms with Crippen molar-refractivity contribution >= 4 is 35.9 Å². The van der Waals surface area contributed by atoms with Gasteiger partial charge in [-0.2, -0.15) is 5.10 Å². The number of nitrogens with zero attached hydrogens (tertiary/aromatic N) is 4. The maximum Gasteiger partial charge on any atom is 0.509 e. The third-order valence-electron chi connectivity index (χ3n) is 12.0. The second-order valence-electron chi connectivity index (χ2n) is 16.7. The number of aromatic nitrogens is 3. The molecule has 17 nitrogen and oxygen atoms in total. The van der Waals surface area contributed by atoms with Crippen molar-refractivity contribution in [1.29, 1.82) is 0 Å². The Morgan fingerprint density at radius 2 is 1.75 bits per heavy atom. The molecule has 324 valence electrons. The minimum absolute atomic E-state index is 0.189. The number of ether oxygens (including phenoxy) is 6. The van der Waals surface area contributed by atoms with Crippen molar-refractivity contribution in [3.8, 4) is 5.69 Å². The van der Waals surface area contributed by atoms with E-state index in [1.807, 2.05) is 50.2 Å². The van der Waals surface area contributed by atoms with Crippen LogP contribution in [0.4, 0.5) is 9.59 Å². The fraction of sp³-hybridized carbons (Fsp3) is 0.643. The van der Waals surface area contributed by atoms with Crippen LogP contribution in [0.15, 0.2) is 43.0 Å². The van der Waals surface area contributed by atoms with Gasteiger partial charge in [-0.15, -0.1) is 0 Å². The molecule has 1 aromatic carbocycles. The van der Waals surface area contributed by atoms with Crippen LogP contribution >= 0.6 is 0 Å². The molecule has 5 rings (SSSR count). The van der Waals surface area contributed by atoms with Crippen molar-refractivity contribution in [3.63, 3.8) is 0 Å². The summed E-state index contributed by atoms with van der Waals surface area (Å²) in [6.07, 6.45) is -0.248. The van der Waals surface area contributed by atoms with Crippen molar-refractivity contribution in [3.05, 3.63) is 48.6 Å². The molecule has 1 amide bonds. The topological polar surface area (TPSA) is 207 Å². The molecule has 3 fully saturated rings. The molecule has 13 atom stereocenters. The number of benzene rings is 1. The van der Waals surface area contributed by atoms with Gasteiger partial charge in [0.25, 0.3) is 0 Å². The first-order valence-corrected chi connectivity index (χ1v) is 20.2. The molecule has 0 unspecified atom stereocenters. The van der Waals surface area contributed by atoms with Gasteiger partial charge in [0.15, 0.2) is 17.7 Å². The molecular weight excluding hydrogens is 766 g/mol. The number of carbonyl (C=O) groups is 5. The highest BCUT2D eigenvalue weighted by molar-refractivity contribution is 6.00. The maximum absolute atomic E-state index is 14.4. The second kappa shape index (κ2) is 18.7. The number of ketones is 2. The van der Waals surface area contributed by atoms with Gasteiger partial charge in [0.1, 0.15) is 54.9 Å². The van der Waals surface area contributed by atoms with Crippen LogP contribution in [-0.4, -0.2) is 129 Å². The highest BCUT2D eigenvalue weighted by atomic mass is 16.8. The summed E-state index contributed by atoms with van der Waals surface area (Å²) >= 11 is 0. The number of amides is 1. The molecule has 2 aromatic rings. The molecule has 0 saturated carbocycles. The molecule has 3 saturated heterocycles. The predicted molar refractivity (Wildman–Crippen MR) is 212 cm³/mol. The molecule has 0 aliphatic carbocycles. The van der Waals surface area contributed by atoms with Gasteiger partial charge in [0.05, 0.1) is 17.8 Å². The lowest BCUT2D eigenvalue weighted by molar-refractivity contribution is -0.293. The second-order valence-corrected chi connectivity index (χ2v) is 16.7. The lowest BCUT2D eigenvalue weighted by Gasteiger charge is -2.46. The zero-order valence-electron chi connectivity index (χ0n) is 35.5. The highest BCUT2D eigenvalue weighted by Crippen LogP contribution is 2.40. The van der Waals surface area contributed by atoms with Gasteiger partial charge in [0.2, 0.25) is 0 Å². The Balaban J connectivity index is 1.49. The van der Waals surface area contributed by atoms with Crippen molar-refractivity contribution in [2.45, 2.75) is 129 Å². The number of aliphatic hydroxyl groups excluding tert-OH is 1. The number of alkyl carbamates (subject to hydrolysis) is 1. The molecule has 4 heterocycles. The van der Waals surface area contributed by atoms with E-state index in [-0.39, 0.29) is 31.3 Å². The summed E-state index contributed by atoms with van der Waals surface area (Å²) in [6, 6.07) is 6.12. The van der Waals surface area contributed by atoms with E-state index in [0.29, 0.717) is 6.42 Å². The number of hydrogen-bond acceptors (Lipinski definition) is 15. The number of carbonyl (C=O) groups excluding carboxylic acids is 5. The van der Waals surface area contributed by atoms with Crippen LogP contribution in [0.25, 0.3) is 11.8 Å². The smallest absolute Gasteiger partial charge is 0.458 e. The number of hydrogen-bond donors (Lipinski definition) is 2. The third-order valence-corrected chi connectivity index (χ3v) is 12.0. The van der Waals surface area contributed by atoms with Gasteiger partial charge in [-0.1, -0.05) is 45.9 Å². The standard InChI is InChI=1S/C42H59N5O12/c1-11-31-42(8)35(45-39(52)58-42)25(4)32(48)23(2)20-41(7,59-40(53)54-18-12-13-28-14-16-29(17-15-28)47-22-43-21-44-47)36(26(5)33(49)27(6)37(51)56-31)57-38-34(50)30(46(9)10)19-24(3)55-38/h12-17,21-27,30-31,34-36,38,50H,11,18-20H2,1-10H3,(H,45,52)/b13-12+/t23-,24-,25+,26+,27-,30+,31-,34-,35-,36-,38+,41-,42-/m1/s1. The molecule has 17 heteroatoms. The van der Waals surface area contributed by atoms with Crippen LogP contribution in [0.1, 0.15) is 80.2 Å². The van der Waals surface area contributed by atoms with E-state index < -0.39 is 95.6 Å². The number of Topliss-reactive ketones (excluding diaryl/α,β-unsaturated/α-hetero) is 2. The summed E-state index contributed by atoms with van der Waals surface area (Å²) < 4.78 is 37.6. The Labute approximate surface area is 345 Å². The van der Waals surface area contributed by atoms with E-state index in [1.165, 1.54) is 27.1 Å². The van der Waals surface area contributed by atoms with E-state index in [0.717, 1.165) is 11.3 Å². The molecule has 59 heavy (non-hydrogen) atoms. The summed E-state index contributed by atoms with van der Waals surface area (Å²) in [5.41, 5.74) is -1.63. The number of nitrogens with one attached hydrogen (secondary N) is 1. The number of fused-ring (bicyclic) bond motifs is 1. The summed E-state index contributed by atoms with van der Waals surface area (Å²) in [7, 11) is 3.63. The van der Waals surface area contributed by atoms with Crippen LogP contribution in [0.5, 0.6) is 0 Å². The first-order chi connectivity index (χ1) is 27.8. The van der Waals surface area contributed by atoms with Crippen molar-refractivity contribution < 1.29 is 57.5 Å². The minimum atomic E-state index is -1.81. The monoisotopic (exact) mass is 825 g/mol. The Kier molecular flexibility index (Phi) is 14.4.